The molecule has 0 atom stereocenters. The van der Waals surface area contributed by atoms with Crippen molar-refractivity contribution in [3.63, 3.8) is 0 Å². The smallest absolute Gasteiger partial charge is 0.306 e. The normalized spacial score (nSPS) is 11.4. The molecule has 0 unspecified atom stereocenters. The van der Waals surface area contributed by atoms with Gasteiger partial charge in [-0.25, -0.2) is 4.98 Å². The molecule has 1 aromatic heterocycles. The van der Waals surface area contributed by atoms with E-state index in [1.165, 1.54) is 14.2 Å². The largest absolute Gasteiger partial charge is 0.469 e. The molecule has 1 heterocycles. The summed E-state index contributed by atoms with van der Waals surface area (Å²) in [5.74, 6) is -0.250. The lowest BCUT2D eigenvalue weighted by molar-refractivity contribution is -0.140. The van der Waals surface area contributed by atoms with Crippen LogP contribution in [0.4, 0.5) is 5.82 Å². The molecule has 0 amide bonds. The van der Waals surface area contributed by atoms with E-state index in [0.717, 1.165) is 8.78 Å². The zero-order valence-corrected chi connectivity index (χ0v) is 13.8. The lowest BCUT2D eigenvalue weighted by Crippen LogP contribution is -2.34. The summed E-state index contributed by atoms with van der Waals surface area (Å²) in [6, 6.07) is 3.25. The Morgan fingerprint density at radius 2 is 2.15 bits per heavy atom. The highest BCUT2D eigenvalue weighted by molar-refractivity contribution is 9.10. The molecule has 1 rings (SSSR count). The molecule has 112 valence electrons. The first-order chi connectivity index (χ1) is 9.26. The van der Waals surface area contributed by atoms with Crippen molar-refractivity contribution in [2.45, 2.75) is 13.3 Å². The van der Waals surface area contributed by atoms with Crippen molar-refractivity contribution in [1.82, 2.24) is 9.29 Å². The van der Waals surface area contributed by atoms with Crippen LogP contribution in [0.2, 0.25) is 0 Å². The highest BCUT2D eigenvalue weighted by atomic mass is 79.9. The van der Waals surface area contributed by atoms with Crippen LogP contribution in [-0.4, -0.2) is 44.4 Å². The quantitative estimate of drug-likeness (QED) is 0.767. The van der Waals surface area contributed by atoms with E-state index in [4.69, 9.17) is 0 Å². The maximum Gasteiger partial charge on any atom is 0.306 e. The first-order valence-electron chi connectivity index (χ1n) is 5.70. The average Bonchev–Trinajstić information content (AvgIpc) is 2.39. The average molecular weight is 366 g/mol. The third kappa shape index (κ3) is 4.73. The molecule has 0 saturated heterocycles. The summed E-state index contributed by atoms with van der Waals surface area (Å²) in [7, 11) is -1.12. The number of methoxy groups -OCH3 is 1. The van der Waals surface area contributed by atoms with Crippen molar-refractivity contribution >= 4 is 37.9 Å². The summed E-state index contributed by atoms with van der Waals surface area (Å²) in [5.41, 5.74) is 0.669. The number of aryl methyl sites for hydroxylation is 1. The molecular weight excluding hydrogens is 350 g/mol. The van der Waals surface area contributed by atoms with Gasteiger partial charge in [0.05, 0.1) is 19.2 Å². The number of aromatic nitrogens is 1. The Kier molecular flexibility index (Phi) is 5.90. The lowest BCUT2D eigenvalue weighted by atomic mass is 10.4. The Morgan fingerprint density at radius 3 is 2.70 bits per heavy atom. The number of anilines is 1. The number of pyridine rings is 1. The summed E-state index contributed by atoms with van der Waals surface area (Å²) in [5, 5.41) is 0. The predicted octanol–water partition coefficient (Wildman–Crippen LogP) is 1.30. The number of carbonyl (C=O) groups excluding carboxylic acids is 1. The second-order valence-electron chi connectivity index (χ2n) is 4.02. The van der Waals surface area contributed by atoms with Gasteiger partial charge in [0.1, 0.15) is 5.82 Å². The molecule has 0 saturated carbocycles. The molecule has 0 aliphatic heterocycles. The molecule has 20 heavy (non-hydrogen) atoms. The summed E-state index contributed by atoms with van der Waals surface area (Å²) in [4.78, 5) is 15.1. The molecule has 0 aliphatic rings. The molecular formula is C11H16BrN3O4S. The molecule has 7 nitrogen and oxygen atoms in total. The summed E-state index contributed by atoms with van der Waals surface area (Å²) in [6.07, 6.45) is -0.0132. The van der Waals surface area contributed by atoms with Gasteiger partial charge in [0.15, 0.2) is 0 Å². The topological polar surface area (TPSA) is 88.6 Å². The fourth-order valence-corrected chi connectivity index (χ4v) is 2.37. The molecule has 1 N–H and O–H groups in total. The zero-order valence-electron chi connectivity index (χ0n) is 11.4. The van der Waals surface area contributed by atoms with E-state index in [1.54, 1.807) is 19.1 Å². The van der Waals surface area contributed by atoms with Crippen LogP contribution in [0.5, 0.6) is 0 Å². The molecule has 0 radical (unpaired) electrons. The first-order valence-corrected chi connectivity index (χ1v) is 7.93. The number of carbonyl (C=O) groups is 1. The standard InChI is InChI=1S/C11H16BrN3O4S/c1-8-9(12)4-5-10(13-8)14-20(17,18)15(2)7-6-11(16)19-3/h4-5H,6-7H2,1-3H3,(H,13,14). The van der Waals surface area contributed by atoms with Gasteiger partial charge in [-0.15, -0.1) is 0 Å². The van der Waals surface area contributed by atoms with Gasteiger partial charge < -0.3 is 4.74 Å². The zero-order chi connectivity index (χ0) is 15.3. The minimum Gasteiger partial charge on any atom is -0.469 e. The van der Waals surface area contributed by atoms with Gasteiger partial charge in [-0.05, 0) is 35.0 Å². The van der Waals surface area contributed by atoms with Crippen molar-refractivity contribution < 1.29 is 17.9 Å². The lowest BCUT2D eigenvalue weighted by Gasteiger charge is -2.17. The van der Waals surface area contributed by atoms with E-state index in [-0.39, 0.29) is 18.8 Å². The number of esters is 1. The first kappa shape index (κ1) is 16.9. The highest BCUT2D eigenvalue weighted by Crippen LogP contribution is 2.17. The second-order valence-corrected chi connectivity index (χ2v) is 6.65. The molecule has 0 aliphatic carbocycles. The van der Waals surface area contributed by atoms with Gasteiger partial charge in [-0.2, -0.15) is 12.7 Å². The third-order valence-electron chi connectivity index (χ3n) is 2.52. The van der Waals surface area contributed by atoms with Gasteiger partial charge in [0.25, 0.3) is 0 Å². The van der Waals surface area contributed by atoms with Gasteiger partial charge in [-0.3, -0.25) is 9.52 Å². The van der Waals surface area contributed by atoms with Crippen molar-refractivity contribution in [3.8, 4) is 0 Å². The number of hydrogen-bond donors (Lipinski definition) is 1. The number of ether oxygens (including phenoxy) is 1. The van der Waals surface area contributed by atoms with Crippen LogP contribution in [0.25, 0.3) is 0 Å². The van der Waals surface area contributed by atoms with Crippen LogP contribution in [0.3, 0.4) is 0 Å². The Balaban J connectivity index is 2.73. The molecule has 0 fully saturated rings. The van der Waals surface area contributed by atoms with Gasteiger partial charge in [-0.1, -0.05) is 0 Å². The fourth-order valence-electron chi connectivity index (χ4n) is 1.28. The SMILES string of the molecule is COC(=O)CCN(C)S(=O)(=O)Nc1ccc(Br)c(C)n1. The molecule has 0 aromatic carbocycles. The Morgan fingerprint density at radius 1 is 1.50 bits per heavy atom. The van der Waals surface area contributed by atoms with E-state index in [9.17, 15) is 13.2 Å². The summed E-state index contributed by atoms with van der Waals surface area (Å²) >= 11 is 3.29. The number of rotatable bonds is 6. The summed E-state index contributed by atoms with van der Waals surface area (Å²) < 4.78 is 32.6. The monoisotopic (exact) mass is 365 g/mol. The molecule has 1 aromatic rings. The van der Waals surface area contributed by atoms with Crippen molar-refractivity contribution in [3.05, 3.63) is 22.3 Å². The van der Waals surface area contributed by atoms with Gasteiger partial charge in [0, 0.05) is 18.1 Å². The van der Waals surface area contributed by atoms with Crippen LogP contribution < -0.4 is 4.72 Å². The van der Waals surface area contributed by atoms with Crippen molar-refractivity contribution in [2.75, 3.05) is 25.4 Å². The molecule has 9 heteroatoms. The minimum atomic E-state index is -3.75. The Labute approximate surface area is 126 Å². The number of halogens is 1. The second kappa shape index (κ2) is 7.00. The maximum atomic E-state index is 12.0. The van der Waals surface area contributed by atoms with Crippen molar-refractivity contribution in [2.24, 2.45) is 0 Å². The third-order valence-corrected chi connectivity index (χ3v) is 4.83. The number of nitrogens with zero attached hydrogens (tertiary/aromatic N) is 2. The van der Waals surface area contributed by atoms with E-state index >= 15 is 0 Å². The predicted molar refractivity (Wildman–Crippen MR) is 78.5 cm³/mol. The number of nitrogens with one attached hydrogen (secondary N) is 1. The Hall–Kier alpha value is -1.19. The minimum absolute atomic E-state index is 0.0132. The maximum absolute atomic E-state index is 12.0. The van der Waals surface area contributed by atoms with Gasteiger partial charge in [0.2, 0.25) is 0 Å². The van der Waals surface area contributed by atoms with Crippen LogP contribution in [0, 0.1) is 6.92 Å². The van der Waals surface area contributed by atoms with Crippen molar-refractivity contribution in [1.29, 1.82) is 0 Å². The Bertz CT molecular complexity index is 591. The van der Waals surface area contributed by atoms with E-state index < -0.39 is 16.2 Å². The summed E-state index contributed by atoms with van der Waals surface area (Å²) in [6.45, 7) is 1.78. The van der Waals surface area contributed by atoms with Crippen LogP contribution >= 0.6 is 15.9 Å². The number of hydrogen-bond acceptors (Lipinski definition) is 5. The van der Waals surface area contributed by atoms with Crippen LogP contribution in [-0.2, 0) is 19.7 Å². The highest BCUT2D eigenvalue weighted by Gasteiger charge is 2.19. The van der Waals surface area contributed by atoms with E-state index in [2.05, 4.69) is 30.4 Å². The van der Waals surface area contributed by atoms with E-state index in [0.29, 0.717) is 5.69 Å². The van der Waals surface area contributed by atoms with E-state index in [1.807, 2.05) is 0 Å². The van der Waals surface area contributed by atoms with Crippen LogP contribution in [0.15, 0.2) is 16.6 Å². The fraction of sp³-hybridized carbons (Fsp3) is 0.455. The van der Waals surface area contributed by atoms with Crippen LogP contribution in [0.1, 0.15) is 12.1 Å². The van der Waals surface area contributed by atoms with Gasteiger partial charge >= 0.3 is 16.2 Å². The molecule has 0 spiro atoms. The molecule has 0 bridgehead atoms.